The number of benzene rings is 1. The lowest BCUT2D eigenvalue weighted by Crippen LogP contribution is -2.36. The van der Waals surface area contributed by atoms with E-state index in [0.717, 1.165) is 4.90 Å². The molecular formula is C14H12Cl4N2O3S. The van der Waals surface area contributed by atoms with Crippen LogP contribution in [-0.4, -0.2) is 36.1 Å². The molecule has 0 unspecified atom stereocenters. The van der Waals surface area contributed by atoms with E-state index in [2.05, 4.69) is 0 Å². The minimum atomic E-state index is -0.583. The molecule has 0 atom stereocenters. The summed E-state index contributed by atoms with van der Waals surface area (Å²) in [5, 5.41) is 12.2. The molecule has 1 aromatic rings. The van der Waals surface area contributed by atoms with Gasteiger partial charge in [-0.1, -0.05) is 58.2 Å². The third kappa shape index (κ3) is 5.18. The normalized spacial score (nSPS) is 15.8. The maximum Gasteiger partial charge on any atom is 0.320 e. The number of ether oxygens (including phenoxy) is 1. The molecule has 1 fully saturated rings. The lowest BCUT2D eigenvalue weighted by atomic mass is 10.4. The number of nitro groups is 1. The first-order chi connectivity index (χ1) is 11.4. The van der Waals surface area contributed by atoms with Gasteiger partial charge in [0, 0.05) is 23.0 Å². The van der Waals surface area contributed by atoms with Crippen LogP contribution in [0.3, 0.4) is 0 Å². The highest BCUT2D eigenvalue weighted by Crippen LogP contribution is 2.38. The molecule has 0 radical (unpaired) electrons. The maximum absolute atomic E-state index is 11.6. The molecule has 5 nitrogen and oxygen atoms in total. The van der Waals surface area contributed by atoms with E-state index in [4.69, 9.17) is 51.1 Å². The molecule has 1 aromatic carbocycles. The van der Waals surface area contributed by atoms with Crippen LogP contribution in [0.5, 0.6) is 0 Å². The molecule has 0 spiro atoms. The Hall–Kier alpha value is -0.630. The third-order valence-electron chi connectivity index (χ3n) is 3.09. The van der Waals surface area contributed by atoms with E-state index in [1.165, 1.54) is 11.8 Å². The Morgan fingerprint density at radius 1 is 1.17 bits per heavy atom. The summed E-state index contributed by atoms with van der Waals surface area (Å²) in [6.07, 6.45) is 0. The molecule has 0 N–H and O–H groups in total. The van der Waals surface area contributed by atoms with Crippen molar-refractivity contribution in [2.24, 2.45) is 0 Å². The molecule has 0 saturated carbocycles. The summed E-state index contributed by atoms with van der Waals surface area (Å²) >= 11 is 24.4. The highest BCUT2D eigenvalue weighted by molar-refractivity contribution is 8.03. The average molecular weight is 430 g/mol. The van der Waals surface area contributed by atoms with Crippen LogP contribution in [0.2, 0.25) is 5.02 Å². The molecule has 130 valence electrons. The molecule has 1 heterocycles. The predicted molar refractivity (Wildman–Crippen MR) is 98.3 cm³/mol. The van der Waals surface area contributed by atoms with E-state index in [0.29, 0.717) is 36.4 Å². The first-order valence-electron chi connectivity index (χ1n) is 6.76. The van der Waals surface area contributed by atoms with Crippen LogP contribution in [0, 0.1) is 10.1 Å². The van der Waals surface area contributed by atoms with E-state index >= 15 is 0 Å². The van der Waals surface area contributed by atoms with E-state index in [-0.39, 0.29) is 15.2 Å². The van der Waals surface area contributed by atoms with Crippen molar-refractivity contribution < 1.29 is 9.66 Å². The summed E-state index contributed by atoms with van der Waals surface area (Å²) in [6, 6.07) is 6.95. The largest absolute Gasteiger partial charge is 0.378 e. The smallest absolute Gasteiger partial charge is 0.320 e. The Morgan fingerprint density at radius 3 is 2.25 bits per heavy atom. The van der Waals surface area contributed by atoms with Gasteiger partial charge in [0.15, 0.2) is 10.1 Å². The highest BCUT2D eigenvalue weighted by Gasteiger charge is 2.30. The van der Waals surface area contributed by atoms with E-state index in [9.17, 15) is 10.1 Å². The van der Waals surface area contributed by atoms with Gasteiger partial charge in [0.25, 0.3) is 0 Å². The molecular weight excluding hydrogens is 418 g/mol. The summed E-state index contributed by atoms with van der Waals surface area (Å²) in [4.78, 5) is 13.6. The van der Waals surface area contributed by atoms with Gasteiger partial charge in [0.2, 0.25) is 0 Å². The number of hydrogen-bond donors (Lipinski definition) is 0. The summed E-state index contributed by atoms with van der Waals surface area (Å²) in [6.45, 7) is 1.92. The molecule has 24 heavy (non-hydrogen) atoms. The number of nitrogens with zero attached hydrogens (tertiary/aromatic N) is 2. The van der Waals surface area contributed by atoms with Crippen LogP contribution in [0.1, 0.15) is 0 Å². The molecule has 1 aliphatic heterocycles. The van der Waals surface area contributed by atoms with Crippen molar-refractivity contribution in [1.82, 2.24) is 4.90 Å². The van der Waals surface area contributed by atoms with Gasteiger partial charge >= 0.3 is 5.70 Å². The quantitative estimate of drug-likeness (QED) is 0.282. The predicted octanol–water partition coefficient (Wildman–Crippen LogP) is 5.10. The summed E-state index contributed by atoms with van der Waals surface area (Å²) in [5.41, 5.74) is -0.335. The van der Waals surface area contributed by atoms with Gasteiger partial charge in [-0.15, -0.1) is 0 Å². The van der Waals surface area contributed by atoms with Gasteiger partial charge in [-0.2, -0.15) is 0 Å². The van der Waals surface area contributed by atoms with Crippen molar-refractivity contribution in [2.45, 2.75) is 4.90 Å². The van der Waals surface area contributed by atoms with Crippen molar-refractivity contribution in [3.8, 4) is 0 Å². The molecule has 0 amide bonds. The highest BCUT2D eigenvalue weighted by atomic mass is 35.5. The molecule has 1 saturated heterocycles. The summed E-state index contributed by atoms with van der Waals surface area (Å²) < 4.78 is 4.95. The minimum absolute atomic E-state index is 0.300. The van der Waals surface area contributed by atoms with Gasteiger partial charge in [0.05, 0.1) is 18.1 Å². The van der Waals surface area contributed by atoms with Crippen molar-refractivity contribution in [3.63, 3.8) is 0 Å². The zero-order chi connectivity index (χ0) is 17.7. The SMILES string of the molecule is O=[N+]([O-])C(C(Cl)=C(Cl)Cl)=C(Sc1ccc(Cl)cc1)N1CCOCC1. The topological polar surface area (TPSA) is 55.6 Å². The fourth-order valence-corrected chi connectivity index (χ4v) is 3.58. The van der Waals surface area contributed by atoms with Crippen molar-refractivity contribution in [2.75, 3.05) is 26.3 Å². The van der Waals surface area contributed by atoms with Gasteiger partial charge in [-0.05, 0) is 24.3 Å². The van der Waals surface area contributed by atoms with Crippen LogP contribution in [-0.2, 0) is 4.74 Å². The molecule has 10 heteroatoms. The Morgan fingerprint density at radius 2 is 1.75 bits per heavy atom. The monoisotopic (exact) mass is 428 g/mol. The minimum Gasteiger partial charge on any atom is -0.378 e. The average Bonchev–Trinajstić information content (AvgIpc) is 2.56. The molecule has 0 bridgehead atoms. The van der Waals surface area contributed by atoms with Crippen LogP contribution in [0.25, 0.3) is 0 Å². The van der Waals surface area contributed by atoms with Crippen LogP contribution in [0.4, 0.5) is 0 Å². The van der Waals surface area contributed by atoms with Crippen LogP contribution < -0.4 is 0 Å². The van der Waals surface area contributed by atoms with Crippen LogP contribution >= 0.6 is 58.2 Å². The van der Waals surface area contributed by atoms with Crippen molar-refractivity contribution >= 4 is 58.2 Å². The first-order valence-corrected chi connectivity index (χ1v) is 9.09. The lowest BCUT2D eigenvalue weighted by molar-refractivity contribution is -0.421. The lowest BCUT2D eigenvalue weighted by Gasteiger charge is -2.30. The second kappa shape index (κ2) is 9.17. The second-order valence-electron chi connectivity index (χ2n) is 4.64. The number of morpholine rings is 1. The Labute approximate surface area is 163 Å². The van der Waals surface area contributed by atoms with Gasteiger partial charge < -0.3 is 9.64 Å². The Bertz CT molecular complexity index is 669. The van der Waals surface area contributed by atoms with E-state index in [1.807, 2.05) is 4.90 Å². The summed E-state index contributed by atoms with van der Waals surface area (Å²) in [7, 11) is 0. The van der Waals surface area contributed by atoms with Crippen molar-refractivity contribution in [1.29, 1.82) is 0 Å². The number of rotatable bonds is 5. The molecule has 0 aromatic heterocycles. The van der Waals surface area contributed by atoms with Gasteiger partial charge in [-0.3, -0.25) is 10.1 Å². The Balaban J connectivity index is 2.50. The zero-order valence-electron chi connectivity index (χ0n) is 12.2. The number of thioether (sulfide) groups is 1. The third-order valence-corrected chi connectivity index (χ3v) is 5.43. The number of halogens is 4. The fraction of sp³-hybridized carbons (Fsp3) is 0.286. The number of allylic oxidation sites excluding steroid dienone is 1. The Kier molecular flexibility index (Phi) is 7.53. The van der Waals surface area contributed by atoms with Gasteiger partial charge in [0.1, 0.15) is 4.49 Å². The standard InChI is InChI=1S/C14H12Cl4N2O3S/c15-9-1-3-10(4-2-9)24-14(19-5-7-23-8-6-19)12(20(21)22)11(16)13(17)18/h1-4H,5-8H2. The van der Waals surface area contributed by atoms with Gasteiger partial charge in [-0.25, -0.2) is 0 Å². The first kappa shape index (κ1) is 19.7. The molecule has 1 aliphatic rings. The van der Waals surface area contributed by atoms with Crippen molar-refractivity contribution in [3.05, 3.63) is 59.7 Å². The second-order valence-corrected chi connectivity index (χ2v) is 7.47. The zero-order valence-corrected chi connectivity index (χ0v) is 16.0. The van der Waals surface area contributed by atoms with E-state index < -0.39 is 4.92 Å². The summed E-state index contributed by atoms with van der Waals surface area (Å²) in [5.74, 6) is 0. The molecule has 2 rings (SSSR count). The molecule has 0 aliphatic carbocycles. The fourth-order valence-electron chi connectivity index (χ4n) is 1.98. The maximum atomic E-state index is 11.6. The number of hydrogen-bond acceptors (Lipinski definition) is 5. The van der Waals surface area contributed by atoms with Crippen LogP contribution in [0.15, 0.2) is 49.4 Å². The van der Waals surface area contributed by atoms with E-state index in [1.54, 1.807) is 24.3 Å².